The Morgan fingerprint density at radius 2 is 1.83 bits per heavy atom. The molecule has 1 aliphatic heterocycles. The van der Waals surface area contributed by atoms with Crippen LogP contribution in [0.5, 0.6) is 0 Å². The highest BCUT2D eigenvalue weighted by Gasteiger charge is 2.11. The number of rotatable bonds is 2. The maximum absolute atomic E-state index is 10.9. The maximum Gasteiger partial charge on any atom is 0.224 e. The molecule has 7 heteroatoms. The Labute approximate surface area is 171 Å². The van der Waals surface area contributed by atoms with Gasteiger partial charge in [-0.05, 0) is 57.1 Å². The van der Waals surface area contributed by atoms with E-state index in [1.54, 1.807) is 24.5 Å². The van der Waals surface area contributed by atoms with Gasteiger partial charge in [-0.1, -0.05) is 12.2 Å². The van der Waals surface area contributed by atoms with Gasteiger partial charge in [0, 0.05) is 31.0 Å². The standard InChI is InChI=1S/C22H29N5O2/c28-16-17-10-11-20(25-14-17)19-15-26-22-24-13-6-3-1-2-4-8-18(29)9-5-7-12-23-21(19)27-22/h1,3,10-11,14-16,18,29H,2,4-9,12-13H2,(H2,23,24,26,27)/b3-1+. The van der Waals surface area contributed by atoms with E-state index < -0.39 is 0 Å². The van der Waals surface area contributed by atoms with Gasteiger partial charge in [-0.3, -0.25) is 9.78 Å². The van der Waals surface area contributed by atoms with E-state index in [-0.39, 0.29) is 6.10 Å². The van der Waals surface area contributed by atoms with Crippen LogP contribution >= 0.6 is 0 Å². The summed E-state index contributed by atoms with van der Waals surface area (Å²) in [6, 6.07) is 3.54. The molecule has 1 atom stereocenters. The molecule has 0 saturated heterocycles. The molecular formula is C22H29N5O2. The van der Waals surface area contributed by atoms with E-state index in [9.17, 15) is 9.90 Å². The van der Waals surface area contributed by atoms with E-state index in [1.807, 2.05) is 0 Å². The largest absolute Gasteiger partial charge is 0.393 e. The number of hydrogen-bond acceptors (Lipinski definition) is 7. The summed E-state index contributed by atoms with van der Waals surface area (Å²) >= 11 is 0. The summed E-state index contributed by atoms with van der Waals surface area (Å²) in [5.41, 5.74) is 2.05. The zero-order valence-corrected chi connectivity index (χ0v) is 16.7. The van der Waals surface area contributed by atoms with Crippen molar-refractivity contribution in [2.45, 2.75) is 51.0 Å². The highest BCUT2D eigenvalue weighted by atomic mass is 16.3. The molecule has 0 amide bonds. The average Bonchev–Trinajstić information content (AvgIpc) is 2.75. The van der Waals surface area contributed by atoms with Gasteiger partial charge in [-0.25, -0.2) is 4.98 Å². The van der Waals surface area contributed by atoms with Gasteiger partial charge < -0.3 is 15.7 Å². The number of aromatic nitrogens is 3. The number of fused-ring (bicyclic) bond motifs is 2. The van der Waals surface area contributed by atoms with Gasteiger partial charge >= 0.3 is 0 Å². The minimum Gasteiger partial charge on any atom is -0.393 e. The second-order valence-corrected chi connectivity index (χ2v) is 7.24. The molecule has 0 aliphatic carbocycles. The van der Waals surface area contributed by atoms with Crippen LogP contribution in [0.4, 0.5) is 11.8 Å². The summed E-state index contributed by atoms with van der Waals surface area (Å²) in [5, 5.41) is 16.8. The number of aliphatic hydroxyl groups excluding tert-OH is 1. The molecule has 3 N–H and O–H groups in total. The van der Waals surface area contributed by atoms with Gasteiger partial charge in [0.25, 0.3) is 0 Å². The van der Waals surface area contributed by atoms with E-state index in [2.05, 4.69) is 37.7 Å². The van der Waals surface area contributed by atoms with Crippen molar-refractivity contribution in [3.05, 3.63) is 42.2 Å². The predicted octanol–water partition coefficient (Wildman–Crippen LogP) is 3.84. The fraction of sp³-hybridized carbons (Fsp3) is 0.455. The Morgan fingerprint density at radius 3 is 2.66 bits per heavy atom. The zero-order chi connectivity index (χ0) is 20.3. The first-order valence-electron chi connectivity index (χ1n) is 10.4. The van der Waals surface area contributed by atoms with Crippen molar-refractivity contribution in [2.75, 3.05) is 23.7 Å². The van der Waals surface area contributed by atoms with Gasteiger partial charge in [0.05, 0.1) is 17.4 Å². The minimum atomic E-state index is -0.220. The maximum atomic E-state index is 10.9. The number of allylic oxidation sites excluding steroid dienone is 1. The second-order valence-electron chi connectivity index (χ2n) is 7.24. The average molecular weight is 396 g/mol. The molecular weight excluding hydrogens is 366 g/mol. The first kappa shape index (κ1) is 20.9. The van der Waals surface area contributed by atoms with Gasteiger partial charge in [0.1, 0.15) is 5.82 Å². The highest BCUT2D eigenvalue weighted by molar-refractivity contribution is 5.77. The van der Waals surface area contributed by atoms with Crippen LogP contribution in [0.2, 0.25) is 0 Å². The summed E-state index contributed by atoms with van der Waals surface area (Å²) in [6.45, 7) is 1.51. The third kappa shape index (κ3) is 6.64. The van der Waals surface area contributed by atoms with Crippen LogP contribution in [0.15, 0.2) is 36.7 Å². The van der Waals surface area contributed by atoms with Crippen LogP contribution in [0.25, 0.3) is 11.3 Å². The van der Waals surface area contributed by atoms with Gasteiger partial charge in [0.2, 0.25) is 5.95 Å². The van der Waals surface area contributed by atoms with Crippen LogP contribution in [-0.4, -0.2) is 45.5 Å². The Hall–Kier alpha value is -2.80. The molecule has 7 nitrogen and oxygen atoms in total. The number of carbonyl (C=O) groups excluding carboxylic acids is 1. The van der Waals surface area contributed by atoms with E-state index in [0.29, 0.717) is 23.0 Å². The summed E-state index contributed by atoms with van der Waals surface area (Å²) in [5.74, 6) is 1.29. The predicted molar refractivity (Wildman–Crippen MR) is 115 cm³/mol. The summed E-state index contributed by atoms with van der Waals surface area (Å²) < 4.78 is 0. The van der Waals surface area contributed by atoms with Crippen molar-refractivity contribution in [1.82, 2.24) is 15.0 Å². The van der Waals surface area contributed by atoms with E-state index in [1.165, 1.54) is 0 Å². The lowest BCUT2D eigenvalue weighted by Crippen LogP contribution is -2.11. The first-order valence-corrected chi connectivity index (χ1v) is 10.4. The molecule has 29 heavy (non-hydrogen) atoms. The summed E-state index contributed by atoms with van der Waals surface area (Å²) in [4.78, 5) is 24.3. The van der Waals surface area contributed by atoms with Gasteiger partial charge in [-0.15, -0.1) is 0 Å². The number of aldehydes is 1. The lowest BCUT2D eigenvalue weighted by atomic mass is 10.1. The smallest absolute Gasteiger partial charge is 0.224 e. The SMILES string of the molecule is O=Cc1ccc(-c2cnc3nc2NCCCCC(O)CCC/C=C/CCN3)nc1. The number of pyridine rings is 1. The number of carbonyl (C=O) groups is 1. The van der Waals surface area contributed by atoms with Crippen LogP contribution in [0.3, 0.4) is 0 Å². The highest BCUT2D eigenvalue weighted by Crippen LogP contribution is 2.25. The normalized spacial score (nSPS) is 20.0. The third-order valence-electron chi connectivity index (χ3n) is 4.91. The zero-order valence-electron chi connectivity index (χ0n) is 16.7. The van der Waals surface area contributed by atoms with Gasteiger partial charge in [-0.2, -0.15) is 4.98 Å². The molecule has 1 aliphatic rings. The molecule has 0 saturated carbocycles. The molecule has 2 aromatic rings. The molecule has 3 rings (SSSR count). The second kappa shape index (κ2) is 11.3. The lowest BCUT2D eigenvalue weighted by molar-refractivity contribution is 0.112. The van der Waals surface area contributed by atoms with Crippen molar-refractivity contribution < 1.29 is 9.90 Å². The minimum absolute atomic E-state index is 0.220. The summed E-state index contributed by atoms with van der Waals surface area (Å²) in [6.07, 6.45) is 14.7. The number of nitrogens with zero attached hydrogens (tertiary/aromatic N) is 3. The fourth-order valence-electron chi connectivity index (χ4n) is 3.25. The number of hydrogen-bond donors (Lipinski definition) is 3. The monoisotopic (exact) mass is 395 g/mol. The molecule has 0 spiro atoms. The van der Waals surface area contributed by atoms with E-state index in [4.69, 9.17) is 0 Å². The Kier molecular flexibility index (Phi) is 8.12. The van der Waals surface area contributed by atoms with Crippen molar-refractivity contribution >= 4 is 18.1 Å². The van der Waals surface area contributed by atoms with Crippen molar-refractivity contribution in [2.24, 2.45) is 0 Å². The Balaban J connectivity index is 1.76. The Morgan fingerprint density at radius 1 is 0.966 bits per heavy atom. The molecule has 2 aromatic heterocycles. The first-order chi connectivity index (χ1) is 14.3. The number of aliphatic hydroxyl groups is 1. The summed E-state index contributed by atoms with van der Waals surface area (Å²) in [7, 11) is 0. The van der Waals surface area contributed by atoms with Crippen LogP contribution in [0, 0.1) is 0 Å². The van der Waals surface area contributed by atoms with Crippen LogP contribution in [-0.2, 0) is 0 Å². The van der Waals surface area contributed by atoms with Crippen molar-refractivity contribution in [3.63, 3.8) is 0 Å². The van der Waals surface area contributed by atoms with E-state index >= 15 is 0 Å². The van der Waals surface area contributed by atoms with Crippen molar-refractivity contribution in [3.8, 4) is 11.3 Å². The van der Waals surface area contributed by atoms with Gasteiger partial charge in [0.15, 0.2) is 6.29 Å². The quantitative estimate of drug-likeness (QED) is 0.525. The molecule has 2 bridgehead atoms. The number of nitrogens with one attached hydrogen (secondary N) is 2. The molecule has 154 valence electrons. The topological polar surface area (TPSA) is 100 Å². The Bertz CT molecular complexity index is 807. The van der Waals surface area contributed by atoms with Crippen molar-refractivity contribution in [1.29, 1.82) is 0 Å². The van der Waals surface area contributed by atoms with Crippen LogP contribution in [0.1, 0.15) is 55.3 Å². The molecule has 0 aromatic carbocycles. The number of anilines is 2. The fourth-order valence-corrected chi connectivity index (χ4v) is 3.25. The molecule has 0 radical (unpaired) electrons. The molecule has 3 heterocycles. The van der Waals surface area contributed by atoms with Crippen LogP contribution < -0.4 is 10.6 Å². The van der Waals surface area contributed by atoms with E-state index in [0.717, 1.165) is 69.9 Å². The third-order valence-corrected chi connectivity index (χ3v) is 4.91. The molecule has 0 fully saturated rings. The molecule has 1 unspecified atom stereocenters. The lowest BCUT2D eigenvalue weighted by Gasteiger charge is -2.13.